The van der Waals surface area contributed by atoms with Crippen molar-refractivity contribution in [1.29, 1.82) is 0 Å². The molecular weight excluding hydrogens is 961 g/mol. The number of nitrogens with one attached hydrogen (secondary N) is 2. The number of rotatable bonds is 2. The van der Waals surface area contributed by atoms with Crippen molar-refractivity contribution in [3.05, 3.63) is 202 Å². The molecule has 388 valence electrons. The number of nitrogens with zero attached hydrogens (tertiary/aromatic N) is 11. The van der Waals surface area contributed by atoms with Gasteiger partial charge in [-0.3, -0.25) is 30.0 Å². The molecule has 0 radical (unpaired) electrons. The molecule has 0 fully saturated rings. The molecule has 0 atom stereocenters. The molecule has 17 nitrogen and oxygen atoms in total. The van der Waals surface area contributed by atoms with Gasteiger partial charge in [0.2, 0.25) is 11.7 Å². The maximum absolute atomic E-state index is 11.9. The molecule has 21 heteroatoms. The number of pyridine rings is 4. The van der Waals surface area contributed by atoms with Gasteiger partial charge >= 0.3 is 12.3 Å². The Morgan fingerprint density at radius 1 is 0.712 bits per heavy atom. The second kappa shape index (κ2) is 34.0. The number of benzene rings is 1. The second-order valence-electron chi connectivity index (χ2n) is 15.1. The van der Waals surface area contributed by atoms with Gasteiger partial charge < -0.3 is 15.0 Å². The van der Waals surface area contributed by atoms with Crippen molar-refractivity contribution in [2.24, 2.45) is 7.05 Å². The fourth-order valence-electron chi connectivity index (χ4n) is 4.90. The van der Waals surface area contributed by atoms with Crippen molar-refractivity contribution in [3.8, 4) is 11.4 Å². The summed E-state index contributed by atoms with van der Waals surface area (Å²) in [6.45, 7) is 17.1. The Bertz CT molecular complexity index is 2790. The number of hydrogen-bond acceptors (Lipinski definition) is 14. The molecule has 9 aromatic rings. The number of anilines is 2. The molecule has 0 spiro atoms. The third-order valence-electron chi connectivity index (χ3n) is 8.49. The van der Waals surface area contributed by atoms with E-state index in [1.165, 1.54) is 37.4 Å². The Morgan fingerprint density at radius 2 is 1.36 bits per heavy atom. The van der Waals surface area contributed by atoms with E-state index in [0.29, 0.717) is 34.1 Å². The molecule has 0 unspecified atom stereocenters. The summed E-state index contributed by atoms with van der Waals surface area (Å²) in [5, 5.41) is 17.5. The molecule has 9 rings (SSSR count). The highest BCUT2D eigenvalue weighted by atomic mass is 35.5. The van der Waals surface area contributed by atoms with Crippen LogP contribution in [0.25, 0.3) is 11.4 Å². The van der Waals surface area contributed by atoms with Crippen LogP contribution in [-0.4, -0.2) is 73.2 Å². The number of amides is 1. The standard InChI is InChI=1S/C9H7ClN2O.C8H10N2O2.C7H6F3N.C6H10N2.C6H8N2.C6H7N.C5H6N2.C4H6N2.CH4/c1-6-11-9(12-13-6)7-2-4-8(10)5-3-7;1-6-3-4-9-7(5-6)10-8(11)12-2;1-5-3-2-4-6(11-5)7(8,9)10;1-5-4-6(2)8(3)7-5;1-5-2-3-8-6(7)4-5;1-6-2-4-7-5-3-6;1-5-4-6-2-3-7-5;1-4-2-3-5-6-4;/h2-5H,1H3;3-5H,1-2H3,(H,9,10,11);2-4H,1H3;4H,1-3H3;2-4H,1H3,(H2,7,8);2-5H,1H3;2-4H,1H3;2-3H,1H3,(H,5,6);1H4. The van der Waals surface area contributed by atoms with E-state index >= 15 is 0 Å². The molecule has 4 N–H and O–H groups in total. The second-order valence-corrected chi connectivity index (χ2v) is 15.5. The van der Waals surface area contributed by atoms with Crippen LogP contribution in [0, 0.1) is 62.3 Å². The SMILES string of the molecule is C.COC(=O)Nc1cc(C)ccn1.Cc1cc(C)n(C)n1.Cc1cccc(C(F)(F)F)n1.Cc1ccn[nH]1.Cc1ccnc(N)c1.Cc1ccncc1.Cc1cnccn1.Cc1nc(-c2ccc(Cl)cc2)no1. The molecular formula is C52H64ClF3N14O3. The first kappa shape index (κ1) is 62.6. The zero-order chi connectivity index (χ0) is 53.5. The Balaban J connectivity index is 0.000000422. The van der Waals surface area contributed by atoms with Gasteiger partial charge in [0.15, 0.2) is 0 Å². The van der Waals surface area contributed by atoms with Crippen LogP contribution in [0.2, 0.25) is 5.02 Å². The van der Waals surface area contributed by atoms with Crippen molar-refractivity contribution < 1.29 is 27.2 Å². The number of H-pyrrole nitrogens is 1. The third-order valence-corrected chi connectivity index (χ3v) is 8.74. The fraction of sp³-hybridized carbons (Fsp3) is 0.250. The van der Waals surface area contributed by atoms with Gasteiger partial charge in [-0.05, 0) is 157 Å². The number of aromatic nitrogens is 12. The molecule has 0 aliphatic carbocycles. The van der Waals surface area contributed by atoms with Crippen molar-refractivity contribution >= 4 is 29.3 Å². The highest BCUT2D eigenvalue weighted by Gasteiger charge is 2.32. The summed E-state index contributed by atoms with van der Waals surface area (Å²) in [5.74, 6) is 2.24. The predicted molar refractivity (Wildman–Crippen MR) is 280 cm³/mol. The number of nitrogen functional groups attached to an aromatic ring is 1. The number of halogens is 4. The van der Waals surface area contributed by atoms with Gasteiger partial charge in [0, 0.05) is 91.2 Å². The van der Waals surface area contributed by atoms with Crippen LogP contribution >= 0.6 is 11.6 Å². The number of carbonyl (C=O) groups is 1. The van der Waals surface area contributed by atoms with Gasteiger partial charge in [0.1, 0.15) is 17.3 Å². The first-order valence-corrected chi connectivity index (χ1v) is 22.1. The van der Waals surface area contributed by atoms with Crippen LogP contribution in [-0.2, 0) is 18.0 Å². The number of aryl methyl sites for hydroxylation is 10. The monoisotopic (exact) mass is 1020 g/mol. The van der Waals surface area contributed by atoms with Crippen LogP contribution in [0.5, 0.6) is 0 Å². The van der Waals surface area contributed by atoms with Crippen molar-refractivity contribution in [1.82, 2.24) is 60.0 Å². The van der Waals surface area contributed by atoms with Crippen LogP contribution in [0.4, 0.5) is 29.6 Å². The van der Waals surface area contributed by atoms with E-state index in [1.54, 1.807) is 74.7 Å². The quantitative estimate of drug-likeness (QED) is 0.146. The average Bonchev–Trinajstić information content (AvgIpc) is 4.08. The molecule has 0 aliphatic rings. The molecule has 1 aromatic carbocycles. The van der Waals surface area contributed by atoms with Crippen molar-refractivity contribution in [2.45, 2.75) is 75.9 Å². The number of alkyl halides is 3. The largest absolute Gasteiger partial charge is 0.453 e. The smallest absolute Gasteiger partial charge is 0.433 e. The molecule has 1 amide bonds. The molecule has 73 heavy (non-hydrogen) atoms. The van der Waals surface area contributed by atoms with E-state index in [2.05, 4.69) is 71.5 Å². The summed E-state index contributed by atoms with van der Waals surface area (Å²) in [6, 6.07) is 26.4. The molecule has 8 heterocycles. The molecule has 8 aromatic heterocycles. The number of carbonyl (C=O) groups excluding carboxylic acids is 1. The Hall–Kier alpha value is -8.39. The van der Waals surface area contributed by atoms with Gasteiger partial charge in [-0.15, -0.1) is 0 Å². The van der Waals surface area contributed by atoms with Crippen LogP contribution in [0.15, 0.2) is 145 Å². The minimum atomic E-state index is -4.33. The summed E-state index contributed by atoms with van der Waals surface area (Å²) in [4.78, 5) is 37.4. The summed E-state index contributed by atoms with van der Waals surface area (Å²) in [5.41, 5.74) is 13.6. The molecule has 0 saturated heterocycles. The van der Waals surface area contributed by atoms with E-state index in [4.69, 9.17) is 21.9 Å². The van der Waals surface area contributed by atoms with Crippen LogP contribution < -0.4 is 11.1 Å². The lowest BCUT2D eigenvalue weighted by molar-refractivity contribution is -0.141. The van der Waals surface area contributed by atoms with Gasteiger partial charge in [-0.25, -0.2) is 19.7 Å². The summed E-state index contributed by atoms with van der Waals surface area (Å²) < 4.78 is 46.8. The minimum Gasteiger partial charge on any atom is -0.453 e. The Morgan fingerprint density at radius 3 is 1.71 bits per heavy atom. The van der Waals surface area contributed by atoms with E-state index in [9.17, 15) is 18.0 Å². The lowest BCUT2D eigenvalue weighted by Crippen LogP contribution is -2.11. The lowest BCUT2D eigenvalue weighted by Gasteiger charge is -2.04. The van der Waals surface area contributed by atoms with E-state index < -0.39 is 18.0 Å². The van der Waals surface area contributed by atoms with Crippen molar-refractivity contribution in [2.75, 3.05) is 18.2 Å². The lowest BCUT2D eigenvalue weighted by atomic mass is 10.2. The maximum Gasteiger partial charge on any atom is 0.433 e. The average molecular weight is 1030 g/mol. The fourth-order valence-corrected chi connectivity index (χ4v) is 5.03. The minimum absolute atomic E-state index is 0. The third kappa shape index (κ3) is 28.8. The van der Waals surface area contributed by atoms with Gasteiger partial charge in [-0.1, -0.05) is 30.3 Å². The summed E-state index contributed by atoms with van der Waals surface area (Å²) in [7, 11) is 3.26. The molecule has 0 bridgehead atoms. The zero-order valence-electron chi connectivity index (χ0n) is 42.0. The van der Waals surface area contributed by atoms with Gasteiger partial charge in [0.05, 0.1) is 18.5 Å². The first-order chi connectivity index (χ1) is 34.1. The van der Waals surface area contributed by atoms with Crippen molar-refractivity contribution in [3.63, 3.8) is 0 Å². The number of methoxy groups -OCH3 is 1. The number of nitrogens with two attached hydrogens (primary N) is 1. The highest BCUT2D eigenvalue weighted by molar-refractivity contribution is 6.30. The predicted octanol–water partition coefficient (Wildman–Crippen LogP) is 12.2. The normalized spacial score (nSPS) is 9.58. The Labute approximate surface area is 430 Å². The van der Waals surface area contributed by atoms with E-state index in [1.807, 2.05) is 109 Å². The maximum atomic E-state index is 11.9. The first-order valence-electron chi connectivity index (χ1n) is 21.7. The van der Waals surface area contributed by atoms with Gasteiger partial charge in [-0.2, -0.15) is 28.4 Å². The zero-order valence-corrected chi connectivity index (χ0v) is 42.8. The van der Waals surface area contributed by atoms with E-state index in [-0.39, 0.29) is 7.43 Å². The summed E-state index contributed by atoms with van der Waals surface area (Å²) >= 11 is 5.74. The summed E-state index contributed by atoms with van der Waals surface area (Å²) in [6.07, 6.45) is 8.85. The van der Waals surface area contributed by atoms with Gasteiger partial charge in [0.25, 0.3) is 0 Å². The Kier molecular flexibility index (Phi) is 29.2. The number of ether oxygens (including phenoxy) is 1. The van der Waals surface area contributed by atoms with E-state index in [0.717, 1.165) is 39.8 Å². The van der Waals surface area contributed by atoms with Crippen LogP contribution in [0.1, 0.15) is 64.2 Å². The number of aromatic amines is 1. The topological polar surface area (TPSA) is 227 Å². The van der Waals surface area contributed by atoms with Crippen LogP contribution in [0.3, 0.4) is 0 Å². The molecule has 0 aliphatic heterocycles. The highest BCUT2D eigenvalue weighted by Crippen LogP contribution is 2.27. The number of hydrogen-bond donors (Lipinski definition) is 3. The molecule has 0 saturated carbocycles.